The number of benzene rings is 1. The van der Waals surface area contributed by atoms with E-state index < -0.39 is 0 Å². The lowest BCUT2D eigenvalue weighted by atomic mass is 10.0. The molecule has 2 nitrogen and oxygen atoms in total. The molecule has 1 heterocycles. The first kappa shape index (κ1) is 18.3. The molecule has 1 aromatic rings. The lowest BCUT2D eigenvalue weighted by Crippen LogP contribution is -2.36. The molecule has 0 fully saturated rings. The molecule has 2 heteroatoms. The minimum absolute atomic E-state index is 0.359. The van der Waals surface area contributed by atoms with Gasteiger partial charge in [0.05, 0.1) is 0 Å². The number of fused-ring (bicyclic) bond motifs is 1. The average Bonchev–Trinajstić information content (AvgIpc) is 2.60. The Morgan fingerprint density at radius 1 is 1.00 bits per heavy atom. The van der Waals surface area contributed by atoms with Crippen molar-refractivity contribution in [2.75, 3.05) is 5.32 Å². The van der Waals surface area contributed by atoms with Gasteiger partial charge in [-0.25, -0.2) is 0 Å². The largest absolute Gasteiger partial charge is 0.380 e. The van der Waals surface area contributed by atoms with Crippen molar-refractivity contribution >= 4 is 17.5 Å². The molecule has 2 rings (SSSR count). The minimum atomic E-state index is 0.359. The van der Waals surface area contributed by atoms with Gasteiger partial charge in [0.25, 0.3) is 0 Å². The van der Waals surface area contributed by atoms with Gasteiger partial charge in [-0.1, -0.05) is 59.1 Å². The van der Waals surface area contributed by atoms with E-state index in [-0.39, 0.29) is 0 Å². The van der Waals surface area contributed by atoms with Gasteiger partial charge in [0.2, 0.25) is 0 Å². The van der Waals surface area contributed by atoms with Crippen LogP contribution >= 0.6 is 0 Å². The van der Waals surface area contributed by atoms with Gasteiger partial charge >= 0.3 is 0 Å². The molecular weight excluding hydrogens is 244 g/mol. The molecule has 0 amide bonds. The highest BCUT2D eigenvalue weighted by molar-refractivity contribution is 5.82. The summed E-state index contributed by atoms with van der Waals surface area (Å²) in [6.45, 7) is 20.3. The number of rotatable bonds is 1. The molecule has 2 atom stereocenters. The maximum atomic E-state index is 4.11. The van der Waals surface area contributed by atoms with E-state index in [0.717, 1.165) is 22.5 Å². The normalized spacial score (nSPS) is 19.6. The Kier molecular flexibility index (Phi) is 8.46. The summed E-state index contributed by atoms with van der Waals surface area (Å²) in [4.78, 5) is 0. The zero-order valence-electron chi connectivity index (χ0n) is 13.9. The smallest absolute Gasteiger partial charge is 0.0443 e. The molecule has 0 aliphatic carbocycles. The van der Waals surface area contributed by atoms with E-state index in [1.807, 2.05) is 39.8 Å². The third-order valence-electron chi connectivity index (χ3n) is 3.15. The SMILES string of the molecule is C=Cc1cccc2c1C(=C)NC(C)C(C)N2.CC.CC. The van der Waals surface area contributed by atoms with Gasteiger partial charge in [0.1, 0.15) is 0 Å². The van der Waals surface area contributed by atoms with Crippen molar-refractivity contribution in [3.63, 3.8) is 0 Å². The van der Waals surface area contributed by atoms with Gasteiger partial charge in [-0.3, -0.25) is 0 Å². The fraction of sp³-hybridized carbons (Fsp3) is 0.444. The number of hydrogen-bond donors (Lipinski definition) is 2. The van der Waals surface area contributed by atoms with Crippen molar-refractivity contribution < 1.29 is 0 Å². The second kappa shape index (κ2) is 9.24. The van der Waals surface area contributed by atoms with Gasteiger partial charge in [0.15, 0.2) is 0 Å². The molecule has 1 aliphatic rings. The first-order valence-electron chi connectivity index (χ1n) is 7.61. The van der Waals surface area contributed by atoms with Crippen molar-refractivity contribution in [1.29, 1.82) is 0 Å². The highest BCUT2D eigenvalue weighted by atomic mass is 15.0. The van der Waals surface area contributed by atoms with E-state index in [0.29, 0.717) is 12.1 Å². The minimum Gasteiger partial charge on any atom is -0.380 e. The first-order chi connectivity index (χ1) is 9.63. The molecule has 0 aromatic heterocycles. The van der Waals surface area contributed by atoms with E-state index in [9.17, 15) is 0 Å². The van der Waals surface area contributed by atoms with E-state index >= 15 is 0 Å². The Labute approximate surface area is 125 Å². The molecule has 0 saturated heterocycles. The molecule has 20 heavy (non-hydrogen) atoms. The maximum Gasteiger partial charge on any atom is 0.0443 e. The molecular formula is C18H30N2. The Morgan fingerprint density at radius 2 is 1.55 bits per heavy atom. The second-order valence-electron chi connectivity index (χ2n) is 4.32. The summed E-state index contributed by atoms with van der Waals surface area (Å²) in [6.07, 6.45) is 1.87. The Balaban J connectivity index is 0.000000829. The van der Waals surface area contributed by atoms with E-state index in [1.54, 1.807) is 0 Å². The summed E-state index contributed by atoms with van der Waals surface area (Å²) in [5.74, 6) is 0. The van der Waals surface area contributed by atoms with Crippen molar-refractivity contribution in [1.82, 2.24) is 5.32 Å². The van der Waals surface area contributed by atoms with Gasteiger partial charge in [-0.15, -0.1) is 0 Å². The summed E-state index contributed by atoms with van der Waals surface area (Å²) in [6, 6.07) is 6.92. The van der Waals surface area contributed by atoms with Crippen LogP contribution in [-0.4, -0.2) is 12.1 Å². The third-order valence-corrected chi connectivity index (χ3v) is 3.15. The standard InChI is InChI=1S/C14H18N2.2C2H6/c1-5-12-7-6-8-13-14(12)11(4)15-9(2)10(3)16-13;2*1-2/h5-10,15-16H,1,4H2,2-3H3;2*1-2H3. The number of hydrogen-bond acceptors (Lipinski definition) is 2. The predicted molar refractivity (Wildman–Crippen MR) is 93.9 cm³/mol. The van der Waals surface area contributed by atoms with Crippen molar-refractivity contribution in [2.24, 2.45) is 0 Å². The molecule has 1 aliphatic heterocycles. The van der Waals surface area contributed by atoms with Crippen LogP contribution in [-0.2, 0) is 0 Å². The molecule has 0 spiro atoms. The van der Waals surface area contributed by atoms with Gasteiger partial charge < -0.3 is 10.6 Å². The van der Waals surface area contributed by atoms with Crippen LogP contribution in [0.3, 0.4) is 0 Å². The highest BCUT2D eigenvalue weighted by Crippen LogP contribution is 2.29. The predicted octanol–water partition coefficient (Wildman–Crippen LogP) is 5.14. The molecule has 1 aromatic carbocycles. The average molecular weight is 274 g/mol. The summed E-state index contributed by atoms with van der Waals surface area (Å²) in [7, 11) is 0. The molecule has 112 valence electrons. The maximum absolute atomic E-state index is 4.11. The van der Waals surface area contributed by atoms with Crippen molar-refractivity contribution in [3.05, 3.63) is 42.5 Å². The van der Waals surface area contributed by atoms with Crippen LogP contribution in [0, 0.1) is 0 Å². The molecule has 2 unspecified atom stereocenters. The fourth-order valence-corrected chi connectivity index (χ4v) is 2.04. The van der Waals surface area contributed by atoms with E-state index in [4.69, 9.17) is 0 Å². The lowest BCUT2D eigenvalue weighted by Gasteiger charge is -2.19. The summed E-state index contributed by atoms with van der Waals surface area (Å²) in [5, 5.41) is 6.92. The summed E-state index contributed by atoms with van der Waals surface area (Å²) in [5.41, 5.74) is 4.35. The monoisotopic (exact) mass is 274 g/mol. The Bertz CT molecular complexity index is 435. The van der Waals surface area contributed by atoms with E-state index in [1.165, 1.54) is 0 Å². The van der Waals surface area contributed by atoms with Gasteiger partial charge in [-0.2, -0.15) is 0 Å². The fourth-order valence-electron chi connectivity index (χ4n) is 2.04. The van der Waals surface area contributed by atoms with Crippen molar-refractivity contribution in [2.45, 2.75) is 53.6 Å². The van der Waals surface area contributed by atoms with Crippen LogP contribution in [0.15, 0.2) is 31.4 Å². The third kappa shape index (κ3) is 4.16. The first-order valence-corrected chi connectivity index (χ1v) is 7.61. The van der Waals surface area contributed by atoms with Crippen LogP contribution < -0.4 is 10.6 Å². The summed E-state index contributed by atoms with van der Waals surface area (Å²) >= 11 is 0. The van der Waals surface area contributed by atoms with Crippen molar-refractivity contribution in [3.8, 4) is 0 Å². The quantitative estimate of drug-likeness (QED) is 0.740. The topological polar surface area (TPSA) is 24.1 Å². The van der Waals surface area contributed by atoms with Crippen LogP contribution in [0.1, 0.15) is 52.7 Å². The zero-order chi connectivity index (χ0) is 15.7. The van der Waals surface area contributed by atoms with Crippen LogP contribution in [0.2, 0.25) is 0 Å². The van der Waals surface area contributed by atoms with Gasteiger partial charge in [-0.05, 0) is 25.5 Å². The molecule has 0 saturated carbocycles. The molecule has 0 radical (unpaired) electrons. The summed E-state index contributed by atoms with van der Waals surface area (Å²) < 4.78 is 0. The van der Waals surface area contributed by atoms with Crippen LogP contribution in [0.5, 0.6) is 0 Å². The van der Waals surface area contributed by atoms with Crippen LogP contribution in [0.4, 0.5) is 5.69 Å². The highest BCUT2D eigenvalue weighted by Gasteiger charge is 2.21. The van der Waals surface area contributed by atoms with Crippen LogP contribution in [0.25, 0.3) is 11.8 Å². The Hall–Kier alpha value is -1.70. The number of nitrogens with one attached hydrogen (secondary N) is 2. The second-order valence-corrected chi connectivity index (χ2v) is 4.32. The lowest BCUT2D eigenvalue weighted by molar-refractivity contribution is 0.581. The van der Waals surface area contributed by atoms with E-state index in [2.05, 4.69) is 49.8 Å². The van der Waals surface area contributed by atoms with Gasteiger partial charge in [0, 0.05) is 29.0 Å². The Morgan fingerprint density at radius 3 is 2.10 bits per heavy atom. The number of anilines is 1. The molecule has 2 N–H and O–H groups in total. The molecule has 0 bridgehead atoms. The zero-order valence-corrected chi connectivity index (χ0v) is 13.9.